The van der Waals surface area contributed by atoms with Crippen LogP contribution in [0.25, 0.3) is 0 Å². The molecule has 4 heteroatoms. The topological polar surface area (TPSA) is 38.0 Å². The maximum Gasteiger partial charge on any atom is 0.135 e. The number of rotatable bonds is 3. The molecule has 0 saturated heterocycles. The van der Waals surface area contributed by atoms with Crippen LogP contribution in [0.5, 0.6) is 0 Å². The Bertz CT molecular complexity index is 427. The Morgan fingerprint density at radius 1 is 1.50 bits per heavy atom. The van der Waals surface area contributed by atoms with Gasteiger partial charge in [-0.15, -0.1) is 0 Å². The van der Waals surface area contributed by atoms with Crippen LogP contribution in [-0.2, 0) is 0 Å². The van der Waals surface area contributed by atoms with E-state index in [4.69, 9.17) is 18.0 Å². The lowest BCUT2D eigenvalue weighted by molar-refractivity contribution is 0.306. The molecule has 0 aliphatic heterocycles. The number of hydrogen-bond acceptors (Lipinski definition) is 2. The molecule has 0 atom stereocenters. The highest BCUT2D eigenvalue weighted by Gasteiger charge is 2.31. The number of nitrogens with two attached hydrogens (primary N) is 1. The van der Waals surface area contributed by atoms with Crippen LogP contribution in [0.4, 0.5) is 10.1 Å². The summed E-state index contributed by atoms with van der Waals surface area (Å²) in [5, 5.41) is 3.34. The minimum absolute atomic E-state index is 0.0962. The molecular formula is C12H15FN2S. The summed E-state index contributed by atoms with van der Waals surface area (Å²) in [4.78, 5) is 0.0962. The Morgan fingerprint density at radius 3 is 2.62 bits per heavy atom. The lowest BCUT2D eigenvalue weighted by Gasteiger charge is -2.40. The lowest BCUT2D eigenvalue weighted by atomic mass is 9.78. The van der Waals surface area contributed by atoms with E-state index in [0.717, 1.165) is 18.5 Å². The van der Waals surface area contributed by atoms with Gasteiger partial charge in [-0.2, -0.15) is 0 Å². The molecule has 1 aromatic rings. The highest BCUT2D eigenvalue weighted by molar-refractivity contribution is 7.80. The molecule has 16 heavy (non-hydrogen) atoms. The number of benzene rings is 1. The second kappa shape index (κ2) is 4.01. The van der Waals surface area contributed by atoms with Gasteiger partial charge in [-0.3, -0.25) is 0 Å². The molecule has 2 rings (SSSR count). The van der Waals surface area contributed by atoms with E-state index >= 15 is 0 Å². The van der Waals surface area contributed by atoms with Crippen molar-refractivity contribution in [3.63, 3.8) is 0 Å². The summed E-state index contributed by atoms with van der Waals surface area (Å²) in [6.45, 7) is 2.15. The zero-order valence-corrected chi connectivity index (χ0v) is 10.0. The minimum Gasteiger partial charge on any atom is -0.389 e. The Balaban J connectivity index is 2.18. The van der Waals surface area contributed by atoms with Crippen molar-refractivity contribution in [1.82, 2.24) is 0 Å². The Hall–Kier alpha value is -1.16. The molecule has 3 N–H and O–H groups in total. The van der Waals surface area contributed by atoms with E-state index in [1.165, 1.54) is 12.5 Å². The van der Waals surface area contributed by atoms with Gasteiger partial charge in [0, 0.05) is 16.8 Å². The van der Waals surface area contributed by atoms with E-state index in [2.05, 4.69) is 12.2 Å². The molecule has 1 aliphatic rings. The highest BCUT2D eigenvalue weighted by Crippen LogP contribution is 2.34. The van der Waals surface area contributed by atoms with Crippen LogP contribution in [0.3, 0.4) is 0 Å². The van der Waals surface area contributed by atoms with Crippen LogP contribution >= 0.6 is 12.2 Å². The highest BCUT2D eigenvalue weighted by atomic mass is 32.1. The number of hydrogen-bond donors (Lipinski definition) is 2. The van der Waals surface area contributed by atoms with Crippen LogP contribution in [0.15, 0.2) is 18.2 Å². The molecule has 0 amide bonds. The fourth-order valence-corrected chi connectivity index (χ4v) is 2.14. The van der Waals surface area contributed by atoms with Gasteiger partial charge in [0.25, 0.3) is 0 Å². The predicted octanol–water partition coefficient (Wildman–Crippen LogP) is 2.81. The molecule has 1 saturated carbocycles. The molecule has 1 fully saturated rings. The Labute approximate surface area is 100 Å². The summed E-state index contributed by atoms with van der Waals surface area (Å²) in [5.74, 6) is -0.361. The van der Waals surface area contributed by atoms with Gasteiger partial charge in [0.15, 0.2) is 0 Å². The summed E-state index contributed by atoms with van der Waals surface area (Å²) >= 11 is 4.75. The quantitative estimate of drug-likeness (QED) is 0.795. The van der Waals surface area contributed by atoms with Crippen LogP contribution in [0.1, 0.15) is 31.7 Å². The summed E-state index contributed by atoms with van der Waals surface area (Å²) in [6.07, 6.45) is 3.49. The molecule has 1 aliphatic carbocycles. The van der Waals surface area contributed by atoms with E-state index < -0.39 is 0 Å². The van der Waals surface area contributed by atoms with Crippen molar-refractivity contribution >= 4 is 22.9 Å². The van der Waals surface area contributed by atoms with Gasteiger partial charge in [-0.25, -0.2) is 4.39 Å². The van der Waals surface area contributed by atoms with Crippen molar-refractivity contribution in [2.75, 3.05) is 5.32 Å². The van der Waals surface area contributed by atoms with E-state index in [1.54, 1.807) is 6.07 Å². The van der Waals surface area contributed by atoms with Crippen LogP contribution in [0, 0.1) is 5.82 Å². The first-order valence-corrected chi connectivity index (χ1v) is 5.79. The van der Waals surface area contributed by atoms with E-state index in [9.17, 15) is 4.39 Å². The SMILES string of the molecule is CC1(Nc2ccc(C(N)=S)c(F)c2)CCC1. The van der Waals surface area contributed by atoms with Gasteiger partial charge in [0.05, 0.1) is 0 Å². The zero-order chi connectivity index (χ0) is 11.8. The van der Waals surface area contributed by atoms with Gasteiger partial charge >= 0.3 is 0 Å². The van der Waals surface area contributed by atoms with E-state index in [1.807, 2.05) is 6.07 Å². The normalized spacial score (nSPS) is 17.6. The Kier molecular flexibility index (Phi) is 2.84. The molecule has 0 spiro atoms. The van der Waals surface area contributed by atoms with Gasteiger partial charge < -0.3 is 11.1 Å². The van der Waals surface area contributed by atoms with Crippen LogP contribution in [0.2, 0.25) is 0 Å². The fourth-order valence-electron chi connectivity index (χ4n) is 1.97. The maximum absolute atomic E-state index is 13.6. The largest absolute Gasteiger partial charge is 0.389 e. The number of nitrogens with one attached hydrogen (secondary N) is 1. The third-order valence-corrected chi connectivity index (χ3v) is 3.36. The van der Waals surface area contributed by atoms with Crippen molar-refractivity contribution in [1.29, 1.82) is 0 Å². The Morgan fingerprint density at radius 2 is 2.19 bits per heavy atom. The molecule has 0 unspecified atom stereocenters. The third-order valence-electron chi connectivity index (χ3n) is 3.14. The molecule has 0 radical (unpaired) electrons. The second-order valence-corrected chi connectivity index (χ2v) is 5.04. The van der Waals surface area contributed by atoms with E-state index in [0.29, 0.717) is 5.56 Å². The van der Waals surface area contributed by atoms with Crippen molar-refractivity contribution in [3.05, 3.63) is 29.6 Å². The van der Waals surface area contributed by atoms with Gasteiger partial charge in [-0.1, -0.05) is 12.2 Å². The average molecular weight is 238 g/mol. The van der Waals surface area contributed by atoms with Gasteiger partial charge in [-0.05, 0) is 44.4 Å². The van der Waals surface area contributed by atoms with Crippen LogP contribution < -0.4 is 11.1 Å². The van der Waals surface area contributed by atoms with Gasteiger partial charge in [0.2, 0.25) is 0 Å². The molecule has 0 aromatic heterocycles. The fraction of sp³-hybridized carbons (Fsp3) is 0.417. The molecule has 2 nitrogen and oxygen atoms in total. The number of thiocarbonyl (C=S) groups is 1. The van der Waals surface area contributed by atoms with Crippen molar-refractivity contribution in [2.24, 2.45) is 5.73 Å². The molecule has 1 aromatic carbocycles. The predicted molar refractivity (Wildman–Crippen MR) is 68.2 cm³/mol. The summed E-state index contributed by atoms with van der Waals surface area (Å²) in [5.41, 5.74) is 6.62. The molecule has 86 valence electrons. The average Bonchev–Trinajstić information content (AvgIpc) is 2.14. The molecule has 0 heterocycles. The molecule has 0 bridgehead atoms. The lowest BCUT2D eigenvalue weighted by Crippen LogP contribution is -2.41. The first kappa shape index (κ1) is 11.3. The van der Waals surface area contributed by atoms with Crippen molar-refractivity contribution in [3.8, 4) is 0 Å². The summed E-state index contributed by atoms with van der Waals surface area (Å²) in [7, 11) is 0. The van der Waals surface area contributed by atoms with Gasteiger partial charge in [0.1, 0.15) is 10.8 Å². The second-order valence-electron chi connectivity index (χ2n) is 4.60. The number of halogens is 1. The smallest absolute Gasteiger partial charge is 0.135 e. The summed E-state index contributed by atoms with van der Waals surface area (Å²) in [6, 6.07) is 4.90. The minimum atomic E-state index is -0.361. The standard InChI is InChI=1S/C12H15FN2S/c1-12(5-2-6-12)15-8-3-4-9(11(14)16)10(13)7-8/h3-4,7,15H,2,5-6H2,1H3,(H2,14,16). The van der Waals surface area contributed by atoms with Crippen LogP contribution in [-0.4, -0.2) is 10.5 Å². The first-order valence-electron chi connectivity index (χ1n) is 5.38. The maximum atomic E-state index is 13.6. The monoisotopic (exact) mass is 238 g/mol. The molecular weight excluding hydrogens is 223 g/mol. The third kappa shape index (κ3) is 2.16. The first-order chi connectivity index (χ1) is 7.50. The van der Waals surface area contributed by atoms with E-state index in [-0.39, 0.29) is 16.3 Å². The van der Waals surface area contributed by atoms with Crippen molar-refractivity contribution in [2.45, 2.75) is 31.7 Å². The van der Waals surface area contributed by atoms with Crippen molar-refractivity contribution < 1.29 is 4.39 Å². The summed E-state index contributed by atoms with van der Waals surface area (Å²) < 4.78 is 13.6. The zero-order valence-electron chi connectivity index (χ0n) is 9.22. The number of anilines is 1.